The predicted octanol–water partition coefficient (Wildman–Crippen LogP) is 3.38. The van der Waals surface area contributed by atoms with Gasteiger partial charge in [-0.1, -0.05) is 17.7 Å². The van der Waals surface area contributed by atoms with Gasteiger partial charge in [0.05, 0.1) is 19.8 Å². The molecule has 1 aromatic carbocycles. The Morgan fingerprint density at radius 1 is 1.13 bits per heavy atom. The van der Waals surface area contributed by atoms with Crippen molar-refractivity contribution in [2.45, 2.75) is 38.5 Å². The number of carbonyl (C=O) groups excluding carboxylic acids is 2. The number of halogens is 1. The van der Waals surface area contributed by atoms with Gasteiger partial charge >= 0.3 is 0 Å². The minimum Gasteiger partial charge on any atom is -0.493 e. The summed E-state index contributed by atoms with van der Waals surface area (Å²) >= 11 is 6.10. The van der Waals surface area contributed by atoms with Crippen LogP contribution in [0.25, 0.3) is 0 Å². The maximum Gasteiger partial charge on any atom is 0.223 e. The third-order valence-corrected chi connectivity index (χ3v) is 6.64. The quantitative estimate of drug-likeness (QED) is 0.660. The third kappa shape index (κ3) is 5.67. The van der Waals surface area contributed by atoms with E-state index in [1.165, 1.54) is 0 Å². The predicted molar refractivity (Wildman–Crippen MR) is 115 cm³/mol. The fourth-order valence-corrected chi connectivity index (χ4v) is 4.65. The second kappa shape index (κ2) is 9.56. The number of hydrogen-bond acceptors (Lipinski definition) is 4. The summed E-state index contributed by atoms with van der Waals surface area (Å²) in [5.41, 5.74) is -0.380. The lowest BCUT2D eigenvalue weighted by Crippen LogP contribution is -2.52. The normalized spacial score (nSPS) is 24.6. The summed E-state index contributed by atoms with van der Waals surface area (Å²) in [5.74, 6) is 1.61. The molecular formula is C23H31ClN2O4. The lowest BCUT2D eigenvalue weighted by Gasteiger charge is -2.43. The van der Waals surface area contributed by atoms with E-state index < -0.39 is 0 Å². The van der Waals surface area contributed by atoms with Crippen LogP contribution in [0.5, 0.6) is 5.75 Å². The Labute approximate surface area is 183 Å². The third-order valence-electron chi connectivity index (χ3n) is 6.41. The molecule has 0 bridgehead atoms. The number of amides is 2. The van der Waals surface area contributed by atoms with Crippen LogP contribution in [0, 0.1) is 11.3 Å². The molecule has 7 heteroatoms. The molecule has 3 fully saturated rings. The molecule has 0 aromatic heterocycles. The molecular weight excluding hydrogens is 404 g/mol. The summed E-state index contributed by atoms with van der Waals surface area (Å²) in [7, 11) is 0. The molecule has 2 aliphatic heterocycles. The van der Waals surface area contributed by atoms with Crippen molar-refractivity contribution in [3.05, 3.63) is 29.3 Å². The maximum absolute atomic E-state index is 13.1. The number of piperidine rings is 1. The van der Waals surface area contributed by atoms with Crippen molar-refractivity contribution in [3.8, 4) is 5.75 Å². The smallest absolute Gasteiger partial charge is 0.223 e. The van der Waals surface area contributed by atoms with Crippen molar-refractivity contribution in [3.63, 3.8) is 0 Å². The lowest BCUT2D eigenvalue weighted by atomic mass is 9.77. The number of hydrogen-bond donors (Lipinski definition) is 0. The average Bonchev–Trinajstić information content (AvgIpc) is 3.57. The van der Waals surface area contributed by atoms with Gasteiger partial charge in [0.1, 0.15) is 5.75 Å². The number of ether oxygens (including phenoxy) is 2. The van der Waals surface area contributed by atoms with E-state index in [0.29, 0.717) is 69.0 Å². The van der Waals surface area contributed by atoms with E-state index >= 15 is 0 Å². The van der Waals surface area contributed by atoms with Crippen LogP contribution < -0.4 is 4.74 Å². The summed E-state index contributed by atoms with van der Waals surface area (Å²) in [4.78, 5) is 29.7. The maximum atomic E-state index is 13.1. The number of morpholine rings is 1. The standard InChI is InChI=1S/C23H31ClN2O4/c24-19-3-1-4-20(14-19)30-17-23(15-22(28)25-9-11-29-12-10-25)7-2-8-26(16-23)21(27)13-18-5-6-18/h1,3-4,14,18H,2,5-13,15-17H2. The van der Waals surface area contributed by atoms with Gasteiger partial charge in [0.2, 0.25) is 11.8 Å². The van der Waals surface area contributed by atoms with Gasteiger partial charge in [-0.25, -0.2) is 0 Å². The van der Waals surface area contributed by atoms with Gasteiger partial charge in [-0.15, -0.1) is 0 Å². The molecule has 3 aliphatic rings. The molecule has 1 aromatic rings. The van der Waals surface area contributed by atoms with E-state index in [9.17, 15) is 9.59 Å². The van der Waals surface area contributed by atoms with E-state index in [4.69, 9.17) is 21.1 Å². The Bertz CT molecular complexity index is 763. The van der Waals surface area contributed by atoms with E-state index in [1.807, 2.05) is 28.0 Å². The Kier molecular flexibility index (Phi) is 6.84. The van der Waals surface area contributed by atoms with Crippen LogP contribution >= 0.6 is 11.6 Å². The monoisotopic (exact) mass is 434 g/mol. The molecule has 6 nitrogen and oxygen atoms in total. The first-order valence-electron chi connectivity index (χ1n) is 11.0. The molecule has 2 saturated heterocycles. The molecule has 2 heterocycles. The Balaban J connectivity index is 1.47. The SMILES string of the molecule is O=C(CC1(COc2cccc(Cl)c2)CCCN(C(=O)CC2CC2)C1)N1CCOCC1. The van der Waals surface area contributed by atoms with E-state index in [1.54, 1.807) is 6.07 Å². The molecule has 30 heavy (non-hydrogen) atoms. The largest absolute Gasteiger partial charge is 0.493 e. The van der Waals surface area contributed by atoms with E-state index in [-0.39, 0.29) is 17.2 Å². The molecule has 1 aliphatic carbocycles. The van der Waals surface area contributed by atoms with Crippen molar-refractivity contribution in [1.82, 2.24) is 9.80 Å². The highest BCUT2D eigenvalue weighted by Gasteiger charge is 2.41. The van der Waals surface area contributed by atoms with Crippen LogP contribution in [0.3, 0.4) is 0 Å². The highest BCUT2D eigenvalue weighted by molar-refractivity contribution is 6.30. The van der Waals surface area contributed by atoms with Gasteiger partial charge in [-0.3, -0.25) is 9.59 Å². The van der Waals surface area contributed by atoms with Crippen LogP contribution in [0.2, 0.25) is 5.02 Å². The zero-order chi connectivity index (χ0) is 21.0. The molecule has 0 radical (unpaired) electrons. The number of nitrogens with zero attached hydrogens (tertiary/aromatic N) is 2. The minimum atomic E-state index is -0.380. The van der Waals surface area contributed by atoms with Crippen molar-refractivity contribution in [2.75, 3.05) is 46.0 Å². The van der Waals surface area contributed by atoms with Crippen LogP contribution in [0.4, 0.5) is 0 Å². The summed E-state index contributed by atoms with van der Waals surface area (Å²) < 4.78 is 11.5. The molecule has 4 rings (SSSR count). The van der Waals surface area contributed by atoms with Gasteiger partial charge in [-0.05, 0) is 49.8 Å². The first-order chi connectivity index (χ1) is 14.5. The van der Waals surface area contributed by atoms with Crippen LogP contribution in [0.15, 0.2) is 24.3 Å². The molecule has 0 N–H and O–H groups in total. The molecule has 1 atom stereocenters. The van der Waals surface area contributed by atoms with Gasteiger partial charge in [0.25, 0.3) is 0 Å². The zero-order valence-electron chi connectivity index (χ0n) is 17.5. The number of rotatable bonds is 7. The number of carbonyl (C=O) groups is 2. The fraction of sp³-hybridized carbons (Fsp3) is 0.652. The van der Waals surface area contributed by atoms with Gasteiger partial charge in [-0.2, -0.15) is 0 Å². The fourth-order valence-electron chi connectivity index (χ4n) is 4.47. The Hall–Kier alpha value is -1.79. The first kappa shape index (κ1) is 21.4. The second-order valence-electron chi connectivity index (χ2n) is 8.98. The van der Waals surface area contributed by atoms with Crippen molar-refractivity contribution < 1.29 is 19.1 Å². The van der Waals surface area contributed by atoms with Crippen LogP contribution in [-0.2, 0) is 14.3 Å². The number of benzene rings is 1. The number of likely N-dealkylation sites (tertiary alicyclic amines) is 1. The van der Waals surface area contributed by atoms with Crippen molar-refractivity contribution >= 4 is 23.4 Å². The summed E-state index contributed by atoms with van der Waals surface area (Å²) in [5, 5.41) is 0.621. The summed E-state index contributed by atoms with van der Waals surface area (Å²) in [6.45, 7) is 4.19. The Morgan fingerprint density at radius 2 is 1.93 bits per heavy atom. The van der Waals surface area contributed by atoms with Gasteiger partial charge < -0.3 is 19.3 Å². The van der Waals surface area contributed by atoms with E-state index in [0.717, 1.165) is 32.2 Å². The molecule has 1 unspecified atom stereocenters. The van der Waals surface area contributed by atoms with Crippen LogP contribution in [-0.4, -0.2) is 67.6 Å². The van der Waals surface area contributed by atoms with Crippen LogP contribution in [0.1, 0.15) is 38.5 Å². The zero-order valence-corrected chi connectivity index (χ0v) is 18.2. The molecule has 1 saturated carbocycles. The topological polar surface area (TPSA) is 59.1 Å². The summed E-state index contributed by atoms with van der Waals surface area (Å²) in [6.07, 6.45) is 5.13. The van der Waals surface area contributed by atoms with Crippen molar-refractivity contribution in [1.29, 1.82) is 0 Å². The highest BCUT2D eigenvalue weighted by Crippen LogP contribution is 2.38. The summed E-state index contributed by atoms with van der Waals surface area (Å²) in [6, 6.07) is 7.33. The second-order valence-corrected chi connectivity index (χ2v) is 9.42. The molecule has 2 amide bonds. The molecule has 164 valence electrons. The van der Waals surface area contributed by atoms with Gasteiger partial charge in [0, 0.05) is 49.5 Å². The highest BCUT2D eigenvalue weighted by atomic mass is 35.5. The minimum absolute atomic E-state index is 0.129. The first-order valence-corrected chi connectivity index (χ1v) is 11.4. The van der Waals surface area contributed by atoms with Crippen molar-refractivity contribution in [2.24, 2.45) is 11.3 Å². The average molecular weight is 435 g/mol. The molecule has 0 spiro atoms. The van der Waals surface area contributed by atoms with Gasteiger partial charge in [0.15, 0.2) is 0 Å². The lowest BCUT2D eigenvalue weighted by molar-refractivity contribution is -0.144. The van der Waals surface area contributed by atoms with E-state index in [2.05, 4.69) is 0 Å². The Morgan fingerprint density at radius 3 is 2.67 bits per heavy atom.